The van der Waals surface area contributed by atoms with Crippen molar-refractivity contribution in [3.05, 3.63) is 16.7 Å². The van der Waals surface area contributed by atoms with Crippen LogP contribution < -0.4 is 14.2 Å². The maximum absolute atomic E-state index is 14.2. The standard InChI is InChI=1S/C44H80O5/c1-7-13-18-23-24-25-26-28-33-39-40(44(45)49-34-12-6)38(32-27-19-14-8-2)41(46-35-29-20-15-9-3)43(48-37-31-22-17-11-5)42(39)47-36-30-21-16-10-4/h7-37H2,1-6H3. The van der Waals surface area contributed by atoms with Crippen LogP contribution >= 0.6 is 0 Å². The topological polar surface area (TPSA) is 54.0 Å². The van der Waals surface area contributed by atoms with Gasteiger partial charge in [-0.25, -0.2) is 4.79 Å². The summed E-state index contributed by atoms with van der Waals surface area (Å²) in [5, 5.41) is 0. The van der Waals surface area contributed by atoms with Crippen LogP contribution in [0.3, 0.4) is 0 Å². The van der Waals surface area contributed by atoms with E-state index < -0.39 is 0 Å². The number of esters is 1. The predicted octanol–water partition coefficient (Wildman–Crippen LogP) is 13.9. The molecule has 5 nitrogen and oxygen atoms in total. The van der Waals surface area contributed by atoms with Crippen molar-refractivity contribution >= 4 is 5.97 Å². The highest BCUT2D eigenvalue weighted by Crippen LogP contribution is 2.48. The van der Waals surface area contributed by atoms with E-state index in [1.165, 1.54) is 89.9 Å². The zero-order chi connectivity index (χ0) is 35.8. The third kappa shape index (κ3) is 19.9. The monoisotopic (exact) mass is 689 g/mol. The largest absolute Gasteiger partial charge is 0.489 e. The van der Waals surface area contributed by atoms with Gasteiger partial charge in [0.2, 0.25) is 5.75 Å². The Morgan fingerprint density at radius 3 is 1.08 bits per heavy atom. The Kier molecular flexibility index (Phi) is 29.5. The number of hydrogen-bond donors (Lipinski definition) is 0. The van der Waals surface area contributed by atoms with E-state index in [1.807, 2.05) is 0 Å². The van der Waals surface area contributed by atoms with Crippen LogP contribution in [0.15, 0.2) is 0 Å². The van der Waals surface area contributed by atoms with Gasteiger partial charge in [-0.2, -0.15) is 0 Å². The summed E-state index contributed by atoms with van der Waals surface area (Å²) in [6.45, 7) is 15.6. The third-order valence-electron chi connectivity index (χ3n) is 9.50. The first kappa shape index (κ1) is 45.1. The van der Waals surface area contributed by atoms with Gasteiger partial charge >= 0.3 is 5.97 Å². The fourth-order valence-electron chi connectivity index (χ4n) is 6.49. The smallest absolute Gasteiger partial charge is 0.338 e. The first-order valence-corrected chi connectivity index (χ1v) is 21.4. The lowest BCUT2D eigenvalue weighted by Gasteiger charge is -2.26. The molecular formula is C44H80O5. The fourth-order valence-corrected chi connectivity index (χ4v) is 6.49. The third-order valence-corrected chi connectivity index (χ3v) is 9.50. The number of hydrogen-bond acceptors (Lipinski definition) is 5. The molecule has 0 N–H and O–H groups in total. The molecule has 0 heterocycles. The molecule has 0 aliphatic carbocycles. The Hall–Kier alpha value is -1.91. The maximum Gasteiger partial charge on any atom is 0.338 e. The van der Waals surface area contributed by atoms with Gasteiger partial charge < -0.3 is 18.9 Å². The number of benzene rings is 1. The van der Waals surface area contributed by atoms with Gasteiger partial charge in [0.05, 0.1) is 32.0 Å². The molecule has 0 atom stereocenters. The molecule has 0 radical (unpaired) electrons. The molecule has 0 aromatic heterocycles. The van der Waals surface area contributed by atoms with E-state index in [2.05, 4.69) is 41.5 Å². The number of rotatable bonds is 35. The van der Waals surface area contributed by atoms with Crippen LogP contribution in [0.5, 0.6) is 17.2 Å². The van der Waals surface area contributed by atoms with Gasteiger partial charge in [-0.15, -0.1) is 0 Å². The molecular weight excluding hydrogens is 608 g/mol. The van der Waals surface area contributed by atoms with E-state index in [4.69, 9.17) is 18.9 Å². The Morgan fingerprint density at radius 1 is 0.367 bits per heavy atom. The first-order valence-electron chi connectivity index (χ1n) is 21.4. The van der Waals surface area contributed by atoms with Crippen molar-refractivity contribution < 1.29 is 23.7 Å². The van der Waals surface area contributed by atoms with Crippen LogP contribution in [0.2, 0.25) is 0 Å². The molecule has 5 heteroatoms. The predicted molar refractivity (Wildman–Crippen MR) is 210 cm³/mol. The average molecular weight is 689 g/mol. The Bertz CT molecular complexity index is 927. The van der Waals surface area contributed by atoms with Gasteiger partial charge in [0.25, 0.3) is 0 Å². The number of carbonyl (C=O) groups excluding carboxylic acids is 1. The second kappa shape index (κ2) is 32.0. The average Bonchev–Trinajstić information content (AvgIpc) is 3.11. The summed E-state index contributed by atoms with van der Waals surface area (Å²) < 4.78 is 26.3. The van der Waals surface area contributed by atoms with Crippen molar-refractivity contribution in [3.63, 3.8) is 0 Å². The zero-order valence-corrected chi connectivity index (χ0v) is 33.5. The second-order valence-electron chi connectivity index (χ2n) is 14.2. The van der Waals surface area contributed by atoms with E-state index in [1.54, 1.807) is 0 Å². The first-order chi connectivity index (χ1) is 24.1. The van der Waals surface area contributed by atoms with Crippen LogP contribution in [0, 0.1) is 0 Å². The molecule has 0 saturated heterocycles. The van der Waals surface area contributed by atoms with Crippen molar-refractivity contribution in [2.75, 3.05) is 26.4 Å². The minimum atomic E-state index is -0.219. The molecule has 1 aromatic rings. The Labute approximate surface area is 304 Å². The van der Waals surface area contributed by atoms with E-state index in [9.17, 15) is 4.79 Å². The van der Waals surface area contributed by atoms with Gasteiger partial charge in [-0.05, 0) is 51.4 Å². The molecule has 0 unspecified atom stereocenters. The summed E-state index contributed by atoms with van der Waals surface area (Å²) >= 11 is 0. The van der Waals surface area contributed by atoms with Gasteiger partial charge in [0.1, 0.15) is 0 Å². The molecule has 0 amide bonds. The Morgan fingerprint density at radius 2 is 0.694 bits per heavy atom. The lowest BCUT2D eigenvalue weighted by molar-refractivity contribution is 0.0500. The van der Waals surface area contributed by atoms with Gasteiger partial charge in [0, 0.05) is 11.1 Å². The summed E-state index contributed by atoms with van der Waals surface area (Å²) in [6.07, 6.45) is 30.4. The molecule has 0 aliphatic rings. The van der Waals surface area contributed by atoms with Crippen molar-refractivity contribution in [2.24, 2.45) is 0 Å². The van der Waals surface area contributed by atoms with E-state index in [-0.39, 0.29) is 5.97 Å². The van der Waals surface area contributed by atoms with Crippen LogP contribution in [0.4, 0.5) is 0 Å². The summed E-state index contributed by atoms with van der Waals surface area (Å²) in [5.41, 5.74) is 2.69. The minimum absolute atomic E-state index is 0.219. The summed E-state index contributed by atoms with van der Waals surface area (Å²) in [7, 11) is 0. The molecule has 286 valence electrons. The Balaban J connectivity index is 3.75. The minimum Gasteiger partial charge on any atom is -0.489 e. The SMILES string of the molecule is CCCCCCCCCCc1c(OCCCCCC)c(OCCCCCC)c(OCCCCCC)c(CCCCCC)c1C(=O)OCCC. The molecule has 0 spiro atoms. The number of carbonyl (C=O) groups is 1. The quantitative estimate of drug-likeness (QED) is 0.0525. The van der Waals surface area contributed by atoms with E-state index in [0.29, 0.717) is 32.0 Å². The van der Waals surface area contributed by atoms with Gasteiger partial charge in [-0.1, -0.05) is 164 Å². The van der Waals surface area contributed by atoms with Crippen LogP contribution in [-0.2, 0) is 17.6 Å². The molecule has 49 heavy (non-hydrogen) atoms. The summed E-state index contributed by atoms with van der Waals surface area (Å²) in [5.74, 6) is 2.02. The number of unbranched alkanes of at least 4 members (excludes halogenated alkanes) is 19. The molecule has 0 aliphatic heterocycles. The number of ether oxygens (including phenoxy) is 4. The molecule has 0 fully saturated rings. The van der Waals surface area contributed by atoms with Crippen LogP contribution in [0.1, 0.15) is 224 Å². The second-order valence-corrected chi connectivity index (χ2v) is 14.2. The molecule has 0 bridgehead atoms. The highest BCUT2D eigenvalue weighted by Gasteiger charge is 2.31. The van der Waals surface area contributed by atoms with Gasteiger partial charge in [0.15, 0.2) is 11.5 Å². The summed E-state index contributed by atoms with van der Waals surface area (Å²) in [4.78, 5) is 14.2. The fraction of sp³-hybridized carbons (Fsp3) is 0.841. The zero-order valence-electron chi connectivity index (χ0n) is 33.5. The van der Waals surface area contributed by atoms with E-state index >= 15 is 0 Å². The van der Waals surface area contributed by atoms with Crippen molar-refractivity contribution in [2.45, 2.75) is 215 Å². The van der Waals surface area contributed by atoms with E-state index in [0.717, 1.165) is 112 Å². The molecule has 1 aromatic carbocycles. The highest BCUT2D eigenvalue weighted by molar-refractivity contribution is 5.96. The van der Waals surface area contributed by atoms with Crippen molar-refractivity contribution in [1.29, 1.82) is 0 Å². The van der Waals surface area contributed by atoms with Crippen LogP contribution in [-0.4, -0.2) is 32.4 Å². The highest BCUT2D eigenvalue weighted by atomic mass is 16.5. The van der Waals surface area contributed by atoms with Gasteiger partial charge in [-0.3, -0.25) is 0 Å². The normalized spacial score (nSPS) is 11.2. The lowest BCUT2D eigenvalue weighted by atomic mass is 9.90. The van der Waals surface area contributed by atoms with Crippen LogP contribution in [0.25, 0.3) is 0 Å². The van der Waals surface area contributed by atoms with Crippen molar-refractivity contribution in [1.82, 2.24) is 0 Å². The lowest BCUT2D eigenvalue weighted by Crippen LogP contribution is -2.18. The molecule has 1 rings (SSSR count). The maximum atomic E-state index is 14.2. The van der Waals surface area contributed by atoms with Crippen molar-refractivity contribution in [3.8, 4) is 17.2 Å². The molecule has 0 saturated carbocycles. The summed E-state index contributed by atoms with van der Waals surface area (Å²) in [6, 6.07) is 0.